The van der Waals surface area contributed by atoms with Crippen LogP contribution < -0.4 is 15.5 Å². The third-order valence-electron chi connectivity index (χ3n) is 6.22. The van der Waals surface area contributed by atoms with Crippen molar-refractivity contribution in [3.8, 4) is 5.75 Å². The molecule has 0 bridgehead atoms. The Morgan fingerprint density at radius 2 is 2.00 bits per heavy atom. The number of carbonyl (C=O) groups is 2. The molecule has 1 saturated heterocycles. The quantitative estimate of drug-likeness (QED) is 0.610. The Bertz CT molecular complexity index is 1180. The van der Waals surface area contributed by atoms with Gasteiger partial charge in [0.1, 0.15) is 23.4 Å². The van der Waals surface area contributed by atoms with Gasteiger partial charge in [0.25, 0.3) is 11.8 Å². The molecular formula is C23H26F2N4O5. The van der Waals surface area contributed by atoms with Crippen LogP contribution in [0.4, 0.5) is 8.78 Å². The molecule has 9 nitrogen and oxygen atoms in total. The van der Waals surface area contributed by atoms with Crippen molar-refractivity contribution < 1.29 is 27.8 Å². The molecule has 3 heterocycles. The van der Waals surface area contributed by atoms with Crippen LogP contribution in [-0.2, 0) is 17.8 Å². The Kier molecular flexibility index (Phi) is 6.67. The van der Waals surface area contributed by atoms with Crippen molar-refractivity contribution in [3.05, 3.63) is 63.1 Å². The van der Waals surface area contributed by atoms with E-state index in [9.17, 15) is 23.2 Å². The van der Waals surface area contributed by atoms with Gasteiger partial charge in [-0.15, -0.1) is 0 Å². The maximum Gasteiger partial charge on any atom is 0.275 e. The van der Waals surface area contributed by atoms with E-state index in [2.05, 4.69) is 10.2 Å². The monoisotopic (exact) mass is 476 g/mol. The third kappa shape index (κ3) is 4.16. The highest BCUT2D eigenvalue weighted by molar-refractivity contribution is 5.99. The minimum Gasteiger partial charge on any atom is -0.461 e. The Hall–Kier alpha value is -3.31. The van der Waals surface area contributed by atoms with Crippen LogP contribution in [-0.4, -0.2) is 65.4 Å². The van der Waals surface area contributed by atoms with Gasteiger partial charge in [0.15, 0.2) is 18.2 Å². The number of pyridine rings is 1. The SMILES string of the molecule is CCN1C(C)CN2C(=O)c3c(OCOC)c(=O)c(C(=O)NCc4ccc(F)cc4F)cn3CC21. The normalized spacial score (nSPS) is 19.7. The lowest BCUT2D eigenvalue weighted by atomic mass is 10.1. The van der Waals surface area contributed by atoms with Crippen molar-refractivity contribution in [1.82, 2.24) is 19.7 Å². The summed E-state index contributed by atoms with van der Waals surface area (Å²) in [5.74, 6) is -2.95. The van der Waals surface area contributed by atoms with Crippen molar-refractivity contribution in [2.45, 2.75) is 39.1 Å². The van der Waals surface area contributed by atoms with Gasteiger partial charge in [0, 0.05) is 44.1 Å². The first kappa shape index (κ1) is 23.8. The van der Waals surface area contributed by atoms with Crippen LogP contribution in [0.2, 0.25) is 0 Å². The zero-order valence-electron chi connectivity index (χ0n) is 19.1. The fourth-order valence-electron chi connectivity index (χ4n) is 4.59. The molecular weight excluding hydrogens is 450 g/mol. The average molecular weight is 476 g/mol. The van der Waals surface area contributed by atoms with Gasteiger partial charge in [0.2, 0.25) is 5.43 Å². The van der Waals surface area contributed by atoms with E-state index in [1.807, 2.05) is 13.8 Å². The maximum absolute atomic E-state index is 13.9. The molecule has 182 valence electrons. The van der Waals surface area contributed by atoms with Crippen molar-refractivity contribution in [2.75, 3.05) is 27.0 Å². The zero-order chi connectivity index (χ0) is 24.6. The number of amides is 2. The van der Waals surface area contributed by atoms with E-state index in [1.165, 1.54) is 19.4 Å². The van der Waals surface area contributed by atoms with Crippen LogP contribution in [0.15, 0.2) is 29.2 Å². The Morgan fingerprint density at radius 3 is 2.68 bits per heavy atom. The van der Waals surface area contributed by atoms with Gasteiger partial charge in [-0.05, 0) is 19.5 Å². The molecule has 1 aromatic carbocycles. The van der Waals surface area contributed by atoms with Crippen molar-refractivity contribution in [3.63, 3.8) is 0 Å². The molecule has 2 amide bonds. The summed E-state index contributed by atoms with van der Waals surface area (Å²) in [6.45, 7) is 5.08. The number of rotatable bonds is 7. The number of likely N-dealkylation sites (N-methyl/N-ethyl adjacent to an activating group) is 1. The summed E-state index contributed by atoms with van der Waals surface area (Å²) in [7, 11) is 1.37. The van der Waals surface area contributed by atoms with Crippen LogP contribution in [0.3, 0.4) is 0 Å². The Labute approximate surface area is 194 Å². The van der Waals surface area contributed by atoms with Crippen LogP contribution in [0.1, 0.15) is 40.3 Å². The predicted molar refractivity (Wildman–Crippen MR) is 117 cm³/mol. The molecule has 2 aliphatic heterocycles. The Morgan fingerprint density at radius 1 is 1.24 bits per heavy atom. The summed E-state index contributed by atoms with van der Waals surface area (Å²) < 4.78 is 39.0. The average Bonchev–Trinajstić information content (AvgIpc) is 3.13. The molecule has 1 N–H and O–H groups in total. The van der Waals surface area contributed by atoms with Gasteiger partial charge in [-0.2, -0.15) is 0 Å². The molecule has 4 rings (SSSR count). The first-order valence-corrected chi connectivity index (χ1v) is 10.9. The van der Waals surface area contributed by atoms with E-state index in [-0.39, 0.29) is 54.0 Å². The lowest BCUT2D eigenvalue weighted by Gasteiger charge is -2.36. The summed E-state index contributed by atoms with van der Waals surface area (Å²) in [6.07, 6.45) is 1.11. The van der Waals surface area contributed by atoms with Crippen LogP contribution >= 0.6 is 0 Å². The van der Waals surface area contributed by atoms with Gasteiger partial charge < -0.3 is 24.3 Å². The highest BCUT2D eigenvalue weighted by Gasteiger charge is 2.45. The first-order valence-electron chi connectivity index (χ1n) is 10.9. The molecule has 0 radical (unpaired) electrons. The van der Waals surface area contributed by atoms with E-state index in [0.717, 1.165) is 12.6 Å². The number of nitrogens with zero attached hydrogens (tertiary/aromatic N) is 3. The van der Waals surface area contributed by atoms with Crippen LogP contribution in [0.25, 0.3) is 0 Å². The number of nitrogens with one attached hydrogen (secondary N) is 1. The molecule has 2 atom stereocenters. The number of benzene rings is 1. The molecule has 1 aromatic heterocycles. The van der Waals surface area contributed by atoms with Gasteiger partial charge in [-0.3, -0.25) is 19.3 Å². The lowest BCUT2D eigenvalue weighted by Crippen LogP contribution is -2.51. The Balaban J connectivity index is 1.69. The van der Waals surface area contributed by atoms with Crippen LogP contribution in [0, 0.1) is 11.6 Å². The first-order chi connectivity index (χ1) is 16.3. The van der Waals surface area contributed by atoms with Crippen molar-refractivity contribution in [1.29, 1.82) is 0 Å². The van der Waals surface area contributed by atoms with Crippen LogP contribution in [0.5, 0.6) is 5.75 Å². The molecule has 2 unspecified atom stereocenters. The highest BCUT2D eigenvalue weighted by atomic mass is 19.1. The molecule has 34 heavy (non-hydrogen) atoms. The fourth-order valence-corrected chi connectivity index (χ4v) is 4.59. The summed E-state index contributed by atoms with van der Waals surface area (Å²) >= 11 is 0. The molecule has 2 aliphatic rings. The third-order valence-corrected chi connectivity index (χ3v) is 6.22. The molecule has 11 heteroatoms. The van der Waals surface area contributed by atoms with Crippen molar-refractivity contribution >= 4 is 11.8 Å². The maximum atomic E-state index is 13.9. The standard InChI is InChI=1S/C23H26F2N4O5/c1-4-28-13(2)9-29-18(28)11-27-10-16(20(30)21(34-12-33-3)19(27)23(29)32)22(31)26-8-14-5-6-15(24)7-17(14)25/h5-7,10,13,18H,4,8-9,11-12H2,1-3H3,(H,26,31). The molecule has 1 fully saturated rings. The second-order valence-electron chi connectivity index (χ2n) is 8.29. The van der Waals surface area contributed by atoms with E-state index in [1.54, 1.807) is 9.47 Å². The number of fused-ring (bicyclic) bond motifs is 2. The highest BCUT2D eigenvalue weighted by Crippen LogP contribution is 2.31. The summed E-state index contributed by atoms with van der Waals surface area (Å²) in [4.78, 5) is 43.3. The minimum atomic E-state index is -0.813. The number of carbonyl (C=O) groups excluding carboxylic acids is 2. The number of ether oxygens (including phenoxy) is 2. The molecule has 0 saturated carbocycles. The topological polar surface area (TPSA) is 93.1 Å². The number of halogens is 2. The van der Waals surface area contributed by atoms with E-state index >= 15 is 0 Å². The zero-order valence-corrected chi connectivity index (χ0v) is 19.1. The van der Waals surface area contributed by atoms with E-state index in [4.69, 9.17) is 9.47 Å². The van der Waals surface area contributed by atoms with E-state index in [0.29, 0.717) is 19.2 Å². The number of aromatic nitrogens is 1. The van der Waals surface area contributed by atoms with E-state index < -0.39 is 23.0 Å². The second kappa shape index (κ2) is 9.51. The largest absolute Gasteiger partial charge is 0.461 e. The summed E-state index contributed by atoms with van der Waals surface area (Å²) in [6, 6.07) is 3.14. The van der Waals surface area contributed by atoms with Gasteiger partial charge in [-0.25, -0.2) is 8.78 Å². The molecule has 0 aliphatic carbocycles. The van der Waals surface area contributed by atoms with Gasteiger partial charge in [-0.1, -0.05) is 13.0 Å². The van der Waals surface area contributed by atoms with Crippen molar-refractivity contribution in [2.24, 2.45) is 0 Å². The minimum absolute atomic E-state index is 0.0598. The second-order valence-corrected chi connectivity index (χ2v) is 8.29. The summed E-state index contributed by atoms with van der Waals surface area (Å²) in [5, 5.41) is 2.48. The predicted octanol–water partition coefficient (Wildman–Crippen LogP) is 1.55. The fraction of sp³-hybridized carbons (Fsp3) is 0.435. The van der Waals surface area contributed by atoms with Gasteiger partial charge in [0.05, 0.1) is 6.54 Å². The number of hydrogen-bond donors (Lipinski definition) is 1. The lowest BCUT2D eigenvalue weighted by molar-refractivity contribution is 0.0392. The van der Waals surface area contributed by atoms with Gasteiger partial charge >= 0.3 is 0 Å². The number of hydrogen-bond acceptors (Lipinski definition) is 6. The smallest absolute Gasteiger partial charge is 0.275 e. The molecule has 0 spiro atoms. The summed E-state index contributed by atoms with van der Waals surface area (Å²) in [5.41, 5.74) is -0.905. The molecule has 2 aromatic rings. The number of methoxy groups -OCH3 is 1.